The largest absolute Gasteiger partial charge is 0.484 e. The number of hydrazine groups is 1. The van der Waals surface area contributed by atoms with Crippen molar-refractivity contribution in [2.45, 2.75) is 26.8 Å². The summed E-state index contributed by atoms with van der Waals surface area (Å²) in [4.78, 5) is 36.6. The van der Waals surface area contributed by atoms with Crippen molar-refractivity contribution in [2.24, 2.45) is 5.92 Å². The van der Waals surface area contributed by atoms with Crippen LogP contribution >= 0.6 is 0 Å². The lowest BCUT2D eigenvalue weighted by molar-refractivity contribution is -0.131. The molecule has 148 valence electrons. The summed E-state index contributed by atoms with van der Waals surface area (Å²) in [5.74, 6) is -0.983. The molecule has 0 spiro atoms. The molecule has 7 heteroatoms. The fourth-order valence-corrected chi connectivity index (χ4v) is 2.45. The third kappa shape index (κ3) is 6.42. The Kier molecular flexibility index (Phi) is 7.56. The van der Waals surface area contributed by atoms with Crippen molar-refractivity contribution in [3.05, 3.63) is 65.7 Å². The molecular weight excluding hydrogens is 358 g/mol. The molecular formula is C21H25N3O4. The van der Waals surface area contributed by atoms with Gasteiger partial charge in [-0.25, -0.2) is 0 Å². The minimum absolute atomic E-state index is 0.173. The highest BCUT2D eigenvalue weighted by Gasteiger charge is 2.25. The zero-order chi connectivity index (χ0) is 20.5. The fraction of sp³-hybridized carbons (Fsp3) is 0.286. The Hall–Kier alpha value is -3.35. The standard InChI is InChI=1S/C21H25N3O4/c1-14(2)19(22-20(26)16-9-5-4-6-10-16)21(27)24-23-18(25)13-28-17-11-7-8-15(3)12-17/h4-12,14,19H,13H2,1-3H3,(H,22,26)(H,23,25)(H,24,27). The summed E-state index contributed by atoms with van der Waals surface area (Å²) in [5.41, 5.74) is 6.11. The van der Waals surface area contributed by atoms with Crippen molar-refractivity contribution in [3.63, 3.8) is 0 Å². The molecule has 0 aliphatic rings. The van der Waals surface area contributed by atoms with Crippen LogP contribution in [0.15, 0.2) is 54.6 Å². The molecule has 0 fully saturated rings. The zero-order valence-corrected chi connectivity index (χ0v) is 16.2. The van der Waals surface area contributed by atoms with Gasteiger partial charge in [-0.05, 0) is 42.7 Å². The van der Waals surface area contributed by atoms with Crippen LogP contribution in [-0.2, 0) is 9.59 Å². The molecule has 1 unspecified atom stereocenters. The third-order valence-corrected chi connectivity index (χ3v) is 3.96. The molecule has 2 aromatic rings. The number of nitrogens with one attached hydrogen (secondary N) is 3. The molecule has 28 heavy (non-hydrogen) atoms. The monoisotopic (exact) mass is 383 g/mol. The molecule has 0 bridgehead atoms. The van der Waals surface area contributed by atoms with Crippen LogP contribution in [0.1, 0.15) is 29.8 Å². The molecule has 3 amide bonds. The molecule has 7 nitrogen and oxygen atoms in total. The van der Waals surface area contributed by atoms with Gasteiger partial charge in [0, 0.05) is 5.56 Å². The second kappa shape index (κ2) is 10.1. The number of hydrogen-bond donors (Lipinski definition) is 3. The van der Waals surface area contributed by atoms with E-state index in [4.69, 9.17) is 4.74 Å². The predicted molar refractivity (Wildman–Crippen MR) is 105 cm³/mol. The first-order valence-electron chi connectivity index (χ1n) is 9.01. The second-order valence-corrected chi connectivity index (χ2v) is 6.70. The van der Waals surface area contributed by atoms with Gasteiger partial charge in [0.1, 0.15) is 11.8 Å². The van der Waals surface area contributed by atoms with E-state index in [2.05, 4.69) is 16.2 Å². The van der Waals surface area contributed by atoms with Gasteiger partial charge in [0.2, 0.25) is 0 Å². The summed E-state index contributed by atoms with van der Waals surface area (Å²) >= 11 is 0. The molecule has 2 rings (SSSR count). The number of hydrogen-bond acceptors (Lipinski definition) is 4. The Morgan fingerprint density at radius 1 is 0.964 bits per heavy atom. The summed E-state index contributed by atoms with van der Waals surface area (Å²) in [6.45, 7) is 5.28. The highest BCUT2D eigenvalue weighted by atomic mass is 16.5. The van der Waals surface area contributed by atoms with Gasteiger partial charge in [0.15, 0.2) is 6.61 Å². The van der Waals surface area contributed by atoms with Gasteiger partial charge in [-0.2, -0.15) is 0 Å². The smallest absolute Gasteiger partial charge is 0.276 e. The van der Waals surface area contributed by atoms with E-state index in [1.807, 2.05) is 19.1 Å². The molecule has 0 saturated carbocycles. The van der Waals surface area contributed by atoms with E-state index in [1.54, 1.807) is 56.3 Å². The maximum Gasteiger partial charge on any atom is 0.276 e. The molecule has 0 aromatic heterocycles. The van der Waals surface area contributed by atoms with Crippen LogP contribution in [0.4, 0.5) is 0 Å². The molecule has 0 radical (unpaired) electrons. The van der Waals surface area contributed by atoms with Crippen LogP contribution in [0.2, 0.25) is 0 Å². The van der Waals surface area contributed by atoms with E-state index in [0.717, 1.165) is 5.56 Å². The number of benzene rings is 2. The van der Waals surface area contributed by atoms with Gasteiger partial charge in [0.05, 0.1) is 0 Å². The quantitative estimate of drug-likeness (QED) is 0.637. The zero-order valence-electron chi connectivity index (χ0n) is 16.2. The summed E-state index contributed by atoms with van der Waals surface area (Å²) in [6, 6.07) is 15.1. The van der Waals surface area contributed by atoms with Crippen LogP contribution in [0.3, 0.4) is 0 Å². The van der Waals surface area contributed by atoms with Crippen LogP contribution in [0.5, 0.6) is 5.75 Å². The number of carbonyl (C=O) groups is 3. The molecule has 3 N–H and O–H groups in total. The van der Waals surface area contributed by atoms with Crippen LogP contribution in [0.25, 0.3) is 0 Å². The first kappa shape index (κ1) is 21.0. The summed E-state index contributed by atoms with van der Waals surface area (Å²) in [7, 11) is 0. The summed E-state index contributed by atoms with van der Waals surface area (Å²) < 4.78 is 5.38. The Balaban J connectivity index is 1.84. The highest BCUT2D eigenvalue weighted by molar-refractivity contribution is 5.97. The van der Waals surface area contributed by atoms with Gasteiger partial charge >= 0.3 is 0 Å². The average Bonchev–Trinajstić information content (AvgIpc) is 2.69. The summed E-state index contributed by atoms with van der Waals surface area (Å²) in [6.07, 6.45) is 0. The van der Waals surface area contributed by atoms with E-state index < -0.39 is 17.9 Å². The Bertz CT molecular complexity index is 821. The van der Waals surface area contributed by atoms with Gasteiger partial charge < -0.3 is 10.1 Å². The minimum Gasteiger partial charge on any atom is -0.484 e. The Morgan fingerprint density at radius 3 is 2.32 bits per heavy atom. The lowest BCUT2D eigenvalue weighted by Crippen LogP contribution is -2.54. The molecule has 0 aliphatic carbocycles. The van der Waals surface area contributed by atoms with E-state index in [9.17, 15) is 14.4 Å². The fourth-order valence-electron chi connectivity index (χ4n) is 2.45. The van der Waals surface area contributed by atoms with Crippen molar-refractivity contribution in [1.29, 1.82) is 0 Å². The molecule has 2 aromatic carbocycles. The normalized spacial score (nSPS) is 11.4. The third-order valence-electron chi connectivity index (χ3n) is 3.96. The van der Waals surface area contributed by atoms with Crippen molar-refractivity contribution < 1.29 is 19.1 Å². The van der Waals surface area contributed by atoms with Crippen molar-refractivity contribution in [2.75, 3.05) is 6.61 Å². The van der Waals surface area contributed by atoms with Gasteiger partial charge in [-0.3, -0.25) is 25.2 Å². The molecule has 0 saturated heterocycles. The maximum absolute atomic E-state index is 12.4. The number of amides is 3. The minimum atomic E-state index is -0.800. The van der Waals surface area contributed by atoms with Crippen LogP contribution in [-0.4, -0.2) is 30.4 Å². The summed E-state index contributed by atoms with van der Waals surface area (Å²) in [5, 5.41) is 2.69. The van der Waals surface area contributed by atoms with E-state index in [0.29, 0.717) is 11.3 Å². The van der Waals surface area contributed by atoms with Crippen molar-refractivity contribution in [3.8, 4) is 5.75 Å². The lowest BCUT2D eigenvalue weighted by Gasteiger charge is -2.22. The highest BCUT2D eigenvalue weighted by Crippen LogP contribution is 2.11. The van der Waals surface area contributed by atoms with E-state index >= 15 is 0 Å². The van der Waals surface area contributed by atoms with Crippen molar-refractivity contribution in [1.82, 2.24) is 16.2 Å². The Morgan fingerprint density at radius 2 is 1.68 bits per heavy atom. The molecule has 0 heterocycles. The first-order valence-corrected chi connectivity index (χ1v) is 9.01. The lowest BCUT2D eigenvalue weighted by atomic mass is 10.0. The first-order chi connectivity index (χ1) is 13.4. The van der Waals surface area contributed by atoms with Crippen molar-refractivity contribution >= 4 is 17.7 Å². The number of rotatable bonds is 7. The molecule has 1 atom stereocenters. The van der Waals surface area contributed by atoms with E-state index in [1.165, 1.54) is 0 Å². The number of carbonyl (C=O) groups excluding carboxylic acids is 3. The SMILES string of the molecule is Cc1cccc(OCC(=O)NNC(=O)C(NC(=O)c2ccccc2)C(C)C)c1. The topological polar surface area (TPSA) is 96.5 Å². The number of ether oxygens (including phenoxy) is 1. The van der Waals surface area contributed by atoms with Crippen LogP contribution in [0, 0.1) is 12.8 Å². The van der Waals surface area contributed by atoms with E-state index in [-0.39, 0.29) is 18.4 Å². The average molecular weight is 383 g/mol. The number of aryl methyl sites for hydroxylation is 1. The van der Waals surface area contributed by atoms with Gasteiger partial charge in [-0.15, -0.1) is 0 Å². The van der Waals surface area contributed by atoms with Gasteiger partial charge in [0.25, 0.3) is 17.7 Å². The predicted octanol–water partition coefficient (Wildman–Crippen LogP) is 1.98. The maximum atomic E-state index is 12.4. The van der Waals surface area contributed by atoms with Gasteiger partial charge in [-0.1, -0.05) is 44.2 Å². The van der Waals surface area contributed by atoms with Crippen LogP contribution < -0.4 is 20.9 Å². The second-order valence-electron chi connectivity index (χ2n) is 6.70. The Labute approximate surface area is 164 Å². The molecule has 0 aliphatic heterocycles.